The van der Waals surface area contributed by atoms with E-state index in [4.69, 9.17) is 4.74 Å². The van der Waals surface area contributed by atoms with Gasteiger partial charge < -0.3 is 10.1 Å². The fraction of sp³-hybridized carbons (Fsp3) is 0.562. The molecule has 2 fully saturated rings. The lowest BCUT2D eigenvalue weighted by molar-refractivity contribution is 0.0238. The molecule has 1 saturated heterocycles. The average Bonchev–Trinajstić information content (AvgIpc) is 3.09. The molecule has 2 atom stereocenters. The summed E-state index contributed by atoms with van der Waals surface area (Å²) in [6.45, 7) is 2.57. The Morgan fingerprint density at radius 1 is 1.25 bits per heavy atom. The minimum atomic E-state index is -0.165. The van der Waals surface area contributed by atoms with Gasteiger partial charge in [-0.25, -0.2) is 4.79 Å². The van der Waals surface area contributed by atoms with Crippen LogP contribution in [0.5, 0.6) is 0 Å². The number of rotatable bonds is 2. The van der Waals surface area contributed by atoms with E-state index in [2.05, 4.69) is 17.4 Å². The van der Waals surface area contributed by atoms with Crippen LogP contribution < -0.4 is 5.32 Å². The van der Waals surface area contributed by atoms with Gasteiger partial charge >= 0.3 is 6.03 Å². The maximum atomic E-state index is 12.3. The first-order valence-electron chi connectivity index (χ1n) is 7.51. The van der Waals surface area contributed by atoms with Crippen molar-refractivity contribution >= 4 is 6.03 Å². The standard InChI is InChI=1S/C16H22N2O2/c1-12-18(16(19)17-14-9-5-6-10-14)11-15(20-12)13-7-3-2-4-8-13/h2-4,7-8,12,14-15H,5-6,9-11H2,1H3,(H,17,19). The summed E-state index contributed by atoms with van der Waals surface area (Å²) in [7, 11) is 0. The number of hydrogen-bond donors (Lipinski definition) is 1. The molecule has 4 heteroatoms. The maximum Gasteiger partial charge on any atom is 0.319 e. The smallest absolute Gasteiger partial charge is 0.319 e. The Morgan fingerprint density at radius 3 is 2.65 bits per heavy atom. The molecule has 1 aromatic rings. The monoisotopic (exact) mass is 274 g/mol. The molecule has 4 nitrogen and oxygen atoms in total. The third-order valence-electron chi connectivity index (χ3n) is 4.28. The first kappa shape index (κ1) is 13.4. The number of hydrogen-bond acceptors (Lipinski definition) is 2. The van der Waals surface area contributed by atoms with Gasteiger partial charge in [0, 0.05) is 6.04 Å². The highest BCUT2D eigenvalue weighted by molar-refractivity contribution is 5.75. The zero-order chi connectivity index (χ0) is 13.9. The van der Waals surface area contributed by atoms with Gasteiger partial charge in [-0.1, -0.05) is 43.2 Å². The van der Waals surface area contributed by atoms with Crippen LogP contribution >= 0.6 is 0 Å². The van der Waals surface area contributed by atoms with Crippen molar-refractivity contribution in [1.29, 1.82) is 0 Å². The van der Waals surface area contributed by atoms with Crippen LogP contribution in [0.3, 0.4) is 0 Å². The van der Waals surface area contributed by atoms with Crippen molar-refractivity contribution in [3.8, 4) is 0 Å². The molecule has 1 N–H and O–H groups in total. The van der Waals surface area contributed by atoms with Gasteiger partial charge in [-0.05, 0) is 25.3 Å². The third kappa shape index (κ3) is 2.80. The summed E-state index contributed by atoms with van der Waals surface area (Å²) in [5, 5.41) is 3.13. The molecule has 0 spiro atoms. The van der Waals surface area contributed by atoms with E-state index in [9.17, 15) is 4.79 Å². The van der Waals surface area contributed by atoms with Gasteiger partial charge in [-0.3, -0.25) is 4.90 Å². The molecule has 1 aliphatic heterocycles. The normalized spacial score (nSPS) is 26.9. The van der Waals surface area contributed by atoms with Gasteiger partial charge in [0.1, 0.15) is 12.3 Å². The van der Waals surface area contributed by atoms with E-state index in [0.29, 0.717) is 12.6 Å². The number of nitrogens with one attached hydrogen (secondary N) is 1. The topological polar surface area (TPSA) is 41.6 Å². The molecule has 2 unspecified atom stereocenters. The van der Waals surface area contributed by atoms with Crippen molar-refractivity contribution in [2.45, 2.75) is 51.0 Å². The fourth-order valence-corrected chi connectivity index (χ4v) is 3.11. The summed E-state index contributed by atoms with van der Waals surface area (Å²) in [5.74, 6) is 0. The highest BCUT2D eigenvalue weighted by Crippen LogP contribution is 2.29. The second kappa shape index (κ2) is 5.83. The minimum Gasteiger partial charge on any atom is -0.349 e. The Morgan fingerprint density at radius 2 is 1.95 bits per heavy atom. The van der Waals surface area contributed by atoms with Gasteiger partial charge in [0.2, 0.25) is 0 Å². The zero-order valence-corrected chi connectivity index (χ0v) is 11.9. The number of urea groups is 1. The molecule has 1 saturated carbocycles. The van der Waals surface area contributed by atoms with Crippen molar-refractivity contribution in [2.75, 3.05) is 6.54 Å². The van der Waals surface area contributed by atoms with E-state index in [1.54, 1.807) is 4.90 Å². The van der Waals surface area contributed by atoms with E-state index < -0.39 is 0 Å². The van der Waals surface area contributed by atoms with Crippen LogP contribution in [0.2, 0.25) is 0 Å². The van der Waals surface area contributed by atoms with E-state index in [1.165, 1.54) is 12.8 Å². The zero-order valence-electron chi connectivity index (χ0n) is 11.9. The predicted molar refractivity (Wildman–Crippen MR) is 77.2 cm³/mol. The van der Waals surface area contributed by atoms with Crippen molar-refractivity contribution in [2.24, 2.45) is 0 Å². The van der Waals surface area contributed by atoms with Gasteiger partial charge in [-0.15, -0.1) is 0 Å². The van der Waals surface area contributed by atoms with Crippen LogP contribution in [0, 0.1) is 0 Å². The first-order valence-corrected chi connectivity index (χ1v) is 7.51. The van der Waals surface area contributed by atoms with E-state index in [0.717, 1.165) is 18.4 Å². The molecule has 108 valence electrons. The second-order valence-electron chi connectivity index (χ2n) is 5.72. The van der Waals surface area contributed by atoms with Gasteiger partial charge in [-0.2, -0.15) is 0 Å². The molecule has 3 rings (SSSR count). The number of carbonyl (C=O) groups excluding carboxylic acids is 1. The number of ether oxygens (including phenoxy) is 1. The summed E-state index contributed by atoms with van der Waals surface area (Å²) in [5.41, 5.74) is 1.13. The lowest BCUT2D eigenvalue weighted by Gasteiger charge is -2.22. The summed E-state index contributed by atoms with van der Waals surface area (Å²) >= 11 is 0. The molecule has 1 aromatic carbocycles. The van der Waals surface area contributed by atoms with Crippen LogP contribution in [-0.2, 0) is 4.74 Å². The molecule has 1 aliphatic carbocycles. The van der Waals surface area contributed by atoms with Gasteiger partial charge in [0.05, 0.1) is 6.54 Å². The molecular weight excluding hydrogens is 252 g/mol. The minimum absolute atomic E-state index is 0.0134. The van der Waals surface area contributed by atoms with E-state index in [1.807, 2.05) is 25.1 Å². The molecule has 0 radical (unpaired) electrons. The lowest BCUT2D eigenvalue weighted by atomic mass is 10.1. The molecule has 1 heterocycles. The van der Waals surface area contributed by atoms with Crippen molar-refractivity contribution < 1.29 is 9.53 Å². The Kier molecular flexibility index (Phi) is 3.92. The summed E-state index contributed by atoms with van der Waals surface area (Å²) in [4.78, 5) is 14.1. The Bertz CT molecular complexity index is 457. The van der Waals surface area contributed by atoms with E-state index >= 15 is 0 Å². The number of nitrogens with zero attached hydrogens (tertiary/aromatic N) is 1. The van der Waals surface area contributed by atoms with Crippen LogP contribution in [0.4, 0.5) is 4.79 Å². The largest absolute Gasteiger partial charge is 0.349 e. The number of amides is 2. The average molecular weight is 274 g/mol. The van der Waals surface area contributed by atoms with Crippen LogP contribution in [0.15, 0.2) is 30.3 Å². The quantitative estimate of drug-likeness (QED) is 0.900. The third-order valence-corrected chi connectivity index (χ3v) is 4.28. The highest BCUT2D eigenvalue weighted by Gasteiger charge is 2.34. The first-order chi connectivity index (χ1) is 9.74. The van der Waals surface area contributed by atoms with Crippen molar-refractivity contribution in [1.82, 2.24) is 10.2 Å². The second-order valence-corrected chi connectivity index (χ2v) is 5.72. The molecule has 2 aliphatic rings. The number of benzene rings is 1. The maximum absolute atomic E-state index is 12.3. The molecule has 2 amide bonds. The van der Waals surface area contributed by atoms with Gasteiger partial charge in [0.25, 0.3) is 0 Å². The summed E-state index contributed by atoms with van der Waals surface area (Å²) < 4.78 is 5.91. The molecular formula is C16H22N2O2. The summed E-state index contributed by atoms with van der Waals surface area (Å²) in [6, 6.07) is 10.5. The Labute approximate surface area is 120 Å². The number of carbonyl (C=O) groups is 1. The highest BCUT2D eigenvalue weighted by atomic mass is 16.5. The molecule has 0 bridgehead atoms. The van der Waals surface area contributed by atoms with Crippen LogP contribution in [-0.4, -0.2) is 29.7 Å². The Hall–Kier alpha value is -1.55. The Balaban J connectivity index is 1.61. The molecule has 20 heavy (non-hydrogen) atoms. The van der Waals surface area contributed by atoms with Crippen LogP contribution in [0.25, 0.3) is 0 Å². The fourth-order valence-electron chi connectivity index (χ4n) is 3.11. The molecule has 0 aromatic heterocycles. The lowest BCUT2D eigenvalue weighted by Crippen LogP contribution is -2.45. The SMILES string of the molecule is CC1OC(c2ccccc2)CN1C(=O)NC1CCCC1. The van der Waals surface area contributed by atoms with Crippen molar-refractivity contribution in [3.05, 3.63) is 35.9 Å². The van der Waals surface area contributed by atoms with Gasteiger partial charge in [0.15, 0.2) is 0 Å². The summed E-state index contributed by atoms with van der Waals surface area (Å²) in [6.07, 6.45) is 4.49. The van der Waals surface area contributed by atoms with Crippen molar-refractivity contribution in [3.63, 3.8) is 0 Å². The van der Waals surface area contributed by atoms with E-state index in [-0.39, 0.29) is 18.4 Å². The predicted octanol–water partition coefficient (Wildman–Crippen LogP) is 3.06. The van der Waals surface area contributed by atoms with Crippen LogP contribution in [0.1, 0.15) is 44.3 Å².